The van der Waals surface area contributed by atoms with Crippen molar-refractivity contribution in [3.63, 3.8) is 0 Å². The number of benzene rings is 1. The van der Waals surface area contributed by atoms with Gasteiger partial charge < -0.3 is 35.0 Å². The molecule has 2 aliphatic rings. The molecular formula is C46H78N6O9S. The summed E-state index contributed by atoms with van der Waals surface area (Å²) in [6.45, 7) is 18.7. The summed E-state index contributed by atoms with van der Waals surface area (Å²) >= 11 is 4.71. The summed E-state index contributed by atoms with van der Waals surface area (Å²) in [5.41, 5.74) is 0.753. The number of nitrogens with zero attached hydrogens (tertiary/aromatic N) is 4. The van der Waals surface area contributed by atoms with Crippen LogP contribution in [-0.4, -0.2) is 150 Å². The summed E-state index contributed by atoms with van der Waals surface area (Å²) in [5, 5.41) is 17.2. The summed E-state index contributed by atoms with van der Waals surface area (Å²) in [7, 11) is 6.65. The number of methoxy groups -OCH3 is 2. The fraction of sp³-hybridized carbons (Fsp3) is 0.761. The van der Waals surface area contributed by atoms with Gasteiger partial charge >= 0.3 is 0 Å². The second-order valence-corrected chi connectivity index (χ2v) is 19.6. The maximum Gasteiger partial charge on any atom is 0.269 e. The molecule has 9 atom stereocenters. The van der Waals surface area contributed by atoms with E-state index in [2.05, 4.69) is 10.6 Å². The van der Waals surface area contributed by atoms with Gasteiger partial charge in [0.15, 0.2) is 0 Å². The minimum absolute atomic E-state index is 0.0222. The van der Waals surface area contributed by atoms with Crippen LogP contribution < -0.4 is 10.6 Å². The smallest absolute Gasteiger partial charge is 0.269 e. The molecule has 3 rings (SSSR count). The molecule has 2 aliphatic heterocycles. The third kappa shape index (κ3) is 13.8. The topological polar surface area (TPSA) is 170 Å². The third-order valence-corrected chi connectivity index (χ3v) is 13.2. The number of ether oxygens (including phenoxy) is 2. The molecule has 0 radical (unpaired) electrons. The number of likely N-dealkylation sites (tertiary alicyclic amines) is 1. The Morgan fingerprint density at radius 2 is 1.56 bits per heavy atom. The monoisotopic (exact) mass is 891 g/mol. The fourth-order valence-corrected chi connectivity index (χ4v) is 8.98. The first-order chi connectivity index (χ1) is 29.1. The predicted octanol–water partition coefficient (Wildman–Crippen LogP) is 4.66. The lowest BCUT2D eigenvalue weighted by Crippen LogP contribution is -2.61. The highest BCUT2D eigenvalue weighted by Gasteiger charge is 2.44. The summed E-state index contributed by atoms with van der Waals surface area (Å²) in [4.78, 5) is 81.0. The van der Waals surface area contributed by atoms with Crippen molar-refractivity contribution in [1.29, 1.82) is 0 Å². The van der Waals surface area contributed by atoms with Crippen LogP contribution in [0.1, 0.15) is 106 Å². The lowest BCUT2D eigenvalue weighted by Gasteiger charge is -2.42. The van der Waals surface area contributed by atoms with Crippen LogP contribution in [0.15, 0.2) is 24.3 Å². The number of hydrogen-bond acceptors (Lipinski definition) is 11. The van der Waals surface area contributed by atoms with Crippen LogP contribution in [0.4, 0.5) is 0 Å². The zero-order valence-electron chi connectivity index (χ0n) is 39.7. The Balaban J connectivity index is 1.82. The molecule has 0 unspecified atom stereocenters. The highest BCUT2D eigenvalue weighted by molar-refractivity contribution is 7.81. The molecule has 0 aliphatic carbocycles. The van der Waals surface area contributed by atoms with Gasteiger partial charge in [-0.3, -0.25) is 33.7 Å². The van der Waals surface area contributed by atoms with Crippen molar-refractivity contribution in [1.82, 2.24) is 30.4 Å². The van der Waals surface area contributed by atoms with Gasteiger partial charge in [0.25, 0.3) is 5.91 Å². The largest absolute Gasteiger partial charge is 0.508 e. The van der Waals surface area contributed by atoms with Gasteiger partial charge in [0.05, 0.1) is 54.2 Å². The number of phenolic OH excluding ortho intramolecular Hbond substituents is 1. The first-order valence-corrected chi connectivity index (χ1v) is 22.9. The highest BCUT2D eigenvalue weighted by atomic mass is 32.1. The van der Waals surface area contributed by atoms with E-state index >= 15 is 0 Å². The molecule has 0 saturated carbocycles. The van der Waals surface area contributed by atoms with Crippen LogP contribution in [0, 0.1) is 23.7 Å². The Morgan fingerprint density at radius 1 is 0.919 bits per heavy atom. The number of aromatic hydroxyl groups is 1. The molecule has 5 amide bonds. The SMILES string of the molecule is CC[C@H](C)[C@@H]([C@@H](CC(=O)N1CCC[C@H]1[C@H](OC)[C@@H](C)C(=O)N[C@@H](Cc1ccc(O)cc1)C(=O)N1CCCCO1)OC)N(C)C(=O)[C@@H](NC(=O)[C@H](C(C)C)N(C)C(C)(C)S)C(C)C. The summed E-state index contributed by atoms with van der Waals surface area (Å²) < 4.78 is 12.1. The average molecular weight is 891 g/mol. The van der Waals surface area contributed by atoms with E-state index in [0.717, 1.165) is 18.4 Å². The van der Waals surface area contributed by atoms with Crippen LogP contribution in [0.25, 0.3) is 0 Å². The molecule has 16 heteroatoms. The molecule has 0 aromatic heterocycles. The summed E-state index contributed by atoms with van der Waals surface area (Å²) in [5.74, 6) is -2.46. The van der Waals surface area contributed by atoms with Gasteiger partial charge in [0.1, 0.15) is 17.8 Å². The molecule has 0 spiro atoms. The lowest BCUT2D eigenvalue weighted by atomic mass is 9.89. The van der Waals surface area contributed by atoms with E-state index in [1.165, 1.54) is 24.3 Å². The minimum Gasteiger partial charge on any atom is -0.508 e. The lowest BCUT2D eigenvalue weighted by molar-refractivity contribution is -0.199. The molecular weight excluding hydrogens is 813 g/mol. The number of hydrogen-bond donors (Lipinski definition) is 4. The Morgan fingerprint density at radius 3 is 2.08 bits per heavy atom. The van der Waals surface area contributed by atoms with E-state index in [4.69, 9.17) is 26.9 Å². The third-order valence-electron chi connectivity index (χ3n) is 12.9. The zero-order chi connectivity index (χ0) is 46.6. The molecule has 0 bridgehead atoms. The normalized spacial score (nSPS) is 20.0. The van der Waals surface area contributed by atoms with Crippen molar-refractivity contribution in [2.24, 2.45) is 23.7 Å². The first kappa shape index (κ1) is 52.9. The van der Waals surface area contributed by atoms with Gasteiger partial charge in [-0.25, -0.2) is 5.06 Å². The Hall–Kier alpha value is -3.44. The van der Waals surface area contributed by atoms with E-state index in [-0.39, 0.29) is 60.0 Å². The molecule has 2 heterocycles. The highest BCUT2D eigenvalue weighted by Crippen LogP contribution is 2.30. The second kappa shape index (κ2) is 24.0. The van der Waals surface area contributed by atoms with Crippen molar-refractivity contribution < 1.29 is 43.4 Å². The van der Waals surface area contributed by atoms with E-state index in [1.807, 2.05) is 67.3 Å². The number of amides is 5. The van der Waals surface area contributed by atoms with Gasteiger partial charge in [-0.2, -0.15) is 12.6 Å². The Bertz CT molecular complexity index is 1620. The Labute approximate surface area is 376 Å². The second-order valence-electron chi connectivity index (χ2n) is 18.5. The number of carbonyl (C=O) groups excluding carboxylic acids is 5. The van der Waals surface area contributed by atoms with Crippen molar-refractivity contribution in [3.8, 4) is 5.75 Å². The van der Waals surface area contributed by atoms with E-state index in [9.17, 15) is 29.1 Å². The number of phenols is 1. The summed E-state index contributed by atoms with van der Waals surface area (Å²) in [6.07, 6.45) is 2.44. The van der Waals surface area contributed by atoms with Gasteiger partial charge in [-0.05, 0) is 82.0 Å². The number of nitrogens with one attached hydrogen (secondary N) is 2. The number of rotatable bonds is 22. The summed E-state index contributed by atoms with van der Waals surface area (Å²) in [6, 6.07) is 3.27. The van der Waals surface area contributed by atoms with Crippen LogP contribution in [0.2, 0.25) is 0 Å². The van der Waals surface area contributed by atoms with Crippen molar-refractivity contribution in [2.75, 3.05) is 48.0 Å². The van der Waals surface area contributed by atoms with Crippen molar-refractivity contribution >= 4 is 42.2 Å². The van der Waals surface area contributed by atoms with Crippen LogP contribution in [0.5, 0.6) is 5.75 Å². The minimum atomic E-state index is -0.937. The standard InChI is InChI=1S/C46H78N6O9S/c1-14-30(6)40(49(10)45(58)38(28(2)3)48-43(56)39(29(4)5)50(11)46(8,9)62)36(59-12)27-37(54)51-23-17-18-35(51)41(60-13)31(7)42(55)47-34(26-32-19-21-33(53)22-20-32)44(57)52-24-15-16-25-61-52/h19-22,28-31,34-36,38-41,53,62H,14-18,23-27H2,1-13H3,(H,47,55)(H,48,56)/t30-,31+,34-,35-,36+,38-,39-,40-,41+/m0/s1. The van der Waals surface area contributed by atoms with Crippen LogP contribution in [-0.2, 0) is 44.7 Å². The van der Waals surface area contributed by atoms with E-state index in [1.54, 1.807) is 43.0 Å². The van der Waals surface area contributed by atoms with Gasteiger partial charge in [0, 0.05) is 40.8 Å². The molecule has 2 saturated heterocycles. The fourth-order valence-electron chi connectivity index (χ4n) is 8.86. The molecule has 3 N–H and O–H groups in total. The predicted molar refractivity (Wildman–Crippen MR) is 243 cm³/mol. The Kier molecular flexibility index (Phi) is 20.5. The van der Waals surface area contributed by atoms with E-state index in [0.29, 0.717) is 39.0 Å². The first-order valence-electron chi connectivity index (χ1n) is 22.5. The molecule has 62 heavy (non-hydrogen) atoms. The van der Waals surface area contributed by atoms with Gasteiger partial charge in [-0.1, -0.05) is 67.0 Å². The molecule has 1 aromatic rings. The molecule has 2 fully saturated rings. The van der Waals surface area contributed by atoms with Crippen LogP contribution >= 0.6 is 12.6 Å². The quantitative estimate of drug-likeness (QED) is 0.0950. The van der Waals surface area contributed by atoms with Crippen molar-refractivity contribution in [2.45, 2.75) is 155 Å². The maximum absolute atomic E-state index is 14.5. The number of carbonyl (C=O) groups is 5. The van der Waals surface area contributed by atoms with Crippen molar-refractivity contribution in [3.05, 3.63) is 29.8 Å². The van der Waals surface area contributed by atoms with Gasteiger partial charge in [-0.15, -0.1) is 0 Å². The maximum atomic E-state index is 14.5. The van der Waals surface area contributed by atoms with Gasteiger partial charge in [0.2, 0.25) is 23.6 Å². The van der Waals surface area contributed by atoms with Crippen LogP contribution in [0.3, 0.4) is 0 Å². The molecule has 1 aromatic carbocycles. The zero-order valence-corrected chi connectivity index (χ0v) is 40.6. The number of thiol groups is 1. The number of hydroxylamine groups is 2. The van der Waals surface area contributed by atoms with E-state index < -0.39 is 59.1 Å². The number of likely N-dealkylation sites (N-methyl/N-ethyl adjacent to an activating group) is 2. The molecule has 15 nitrogen and oxygen atoms in total. The average Bonchev–Trinajstić information content (AvgIpc) is 3.72. The molecule has 352 valence electrons.